The molecule has 0 saturated heterocycles. The molecule has 4 nitrogen and oxygen atoms in total. The quantitative estimate of drug-likeness (QED) is 0.864. The van der Waals surface area contributed by atoms with Crippen molar-refractivity contribution in [3.05, 3.63) is 29.6 Å². The average molecular weight is 251 g/mol. The Morgan fingerprint density at radius 3 is 2.67 bits per heavy atom. The summed E-state index contributed by atoms with van der Waals surface area (Å²) in [5, 5.41) is 11.4. The Morgan fingerprint density at radius 2 is 2.11 bits per heavy atom. The molecule has 1 amide bonds. The van der Waals surface area contributed by atoms with Gasteiger partial charge in [-0.3, -0.25) is 4.79 Å². The van der Waals surface area contributed by atoms with Gasteiger partial charge in [-0.1, -0.05) is 12.5 Å². The minimum atomic E-state index is -1.38. The first kappa shape index (κ1) is 12.5. The molecule has 1 aliphatic rings. The summed E-state index contributed by atoms with van der Waals surface area (Å²) in [7, 11) is 0. The van der Waals surface area contributed by atoms with Crippen molar-refractivity contribution >= 4 is 17.6 Å². The molecule has 1 saturated carbocycles. The molecule has 0 heterocycles. The first-order valence-electron chi connectivity index (χ1n) is 5.89. The number of anilines is 1. The van der Waals surface area contributed by atoms with Crippen molar-refractivity contribution in [2.75, 3.05) is 5.32 Å². The van der Waals surface area contributed by atoms with Crippen LogP contribution in [0.3, 0.4) is 0 Å². The first-order chi connectivity index (χ1) is 8.58. The van der Waals surface area contributed by atoms with E-state index in [1.807, 2.05) is 0 Å². The van der Waals surface area contributed by atoms with Crippen LogP contribution in [0.1, 0.15) is 36.0 Å². The summed E-state index contributed by atoms with van der Waals surface area (Å²) in [6.45, 7) is 0. The molecule has 0 atom stereocenters. The SMILES string of the molecule is O=C(CC1CCC1)Nc1cccc(F)c1C(=O)O. The highest BCUT2D eigenvalue weighted by Crippen LogP contribution is 2.30. The Morgan fingerprint density at radius 1 is 1.39 bits per heavy atom. The summed E-state index contributed by atoms with van der Waals surface area (Å²) in [4.78, 5) is 22.6. The normalized spacial score (nSPS) is 14.9. The highest BCUT2D eigenvalue weighted by atomic mass is 19.1. The number of carboxylic acids is 1. The van der Waals surface area contributed by atoms with Gasteiger partial charge in [-0.25, -0.2) is 9.18 Å². The van der Waals surface area contributed by atoms with E-state index < -0.39 is 17.3 Å². The number of carboxylic acid groups (broad SMARTS) is 1. The van der Waals surface area contributed by atoms with Crippen LogP contribution in [0.4, 0.5) is 10.1 Å². The molecule has 2 N–H and O–H groups in total. The molecule has 0 bridgehead atoms. The molecule has 0 radical (unpaired) electrons. The summed E-state index contributed by atoms with van der Waals surface area (Å²) in [6.07, 6.45) is 3.57. The highest BCUT2D eigenvalue weighted by molar-refractivity contribution is 6.00. The van der Waals surface area contributed by atoms with E-state index >= 15 is 0 Å². The number of hydrogen-bond donors (Lipinski definition) is 2. The molecule has 96 valence electrons. The number of carbonyl (C=O) groups excluding carboxylic acids is 1. The van der Waals surface area contributed by atoms with Crippen LogP contribution in [0.5, 0.6) is 0 Å². The summed E-state index contributed by atoms with van der Waals surface area (Å²) in [5.41, 5.74) is -0.466. The number of amides is 1. The number of nitrogens with one attached hydrogen (secondary N) is 1. The van der Waals surface area contributed by atoms with Gasteiger partial charge < -0.3 is 10.4 Å². The lowest BCUT2D eigenvalue weighted by Gasteiger charge is -2.24. The maximum absolute atomic E-state index is 13.4. The van der Waals surface area contributed by atoms with Crippen molar-refractivity contribution in [3.63, 3.8) is 0 Å². The van der Waals surface area contributed by atoms with Crippen LogP contribution >= 0.6 is 0 Å². The van der Waals surface area contributed by atoms with Gasteiger partial charge in [-0.2, -0.15) is 0 Å². The van der Waals surface area contributed by atoms with Gasteiger partial charge in [-0.05, 0) is 30.9 Å². The topological polar surface area (TPSA) is 66.4 Å². The third-order valence-electron chi connectivity index (χ3n) is 3.20. The van der Waals surface area contributed by atoms with Gasteiger partial charge in [0, 0.05) is 6.42 Å². The van der Waals surface area contributed by atoms with Crippen LogP contribution in [0.15, 0.2) is 18.2 Å². The zero-order chi connectivity index (χ0) is 13.1. The van der Waals surface area contributed by atoms with Crippen LogP contribution in [0, 0.1) is 11.7 Å². The number of aromatic carboxylic acids is 1. The monoisotopic (exact) mass is 251 g/mol. The Labute approximate surface area is 104 Å². The minimum absolute atomic E-state index is 0.0202. The zero-order valence-corrected chi connectivity index (χ0v) is 9.78. The second-order valence-corrected chi connectivity index (χ2v) is 4.52. The van der Waals surface area contributed by atoms with E-state index in [1.165, 1.54) is 12.1 Å². The van der Waals surface area contributed by atoms with E-state index in [-0.39, 0.29) is 11.6 Å². The van der Waals surface area contributed by atoms with Crippen LogP contribution in [0.2, 0.25) is 0 Å². The Bertz CT molecular complexity index is 483. The molecular formula is C13H14FNO3. The number of benzene rings is 1. The lowest BCUT2D eigenvalue weighted by molar-refractivity contribution is -0.117. The molecule has 5 heteroatoms. The van der Waals surface area contributed by atoms with Crippen LogP contribution in [0.25, 0.3) is 0 Å². The Hall–Kier alpha value is -1.91. The van der Waals surface area contributed by atoms with Crippen molar-refractivity contribution in [1.29, 1.82) is 0 Å². The molecular weight excluding hydrogens is 237 g/mol. The largest absolute Gasteiger partial charge is 0.478 e. The van der Waals surface area contributed by atoms with E-state index in [0.717, 1.165) is 25.3 Å². The van der Waals surface area contributed by atoms with Gasteiger partial charge in [0.05, 0.1) is 5.69 Å². The molecule has 1 aromatic rings. The van der Waals surface area contributed by atoms with Gasteiger partial charge in [0.1, 0.15) is 11.4 Å². The highest BCUT2D eigenvalue weighted by Gasteiger charge is 2.22. The van der Waals surface area contributed by atoms with Crippen molar-refractivity contribution in [2.45, 2.75) is 25.7 Å². The van der Waals surface area contributed by atoms with Crippen LogP contribution in [-0.2, 0) is 4.79 Å². The summed E-state index contributed by atoms with van der Waals surface area (Å²) in [6, 6.07) is 3.83. The fraction of sp³-hybridized carbons (Fsp3) is 0.385. The first-order valence-corrected chi connectivity index (χ1v) is 5.89. The molecule has 18 heavy (non-hydrogen) atoms. The number of hydrogen-bond acceptors (Lipinski definition) is 2. The van der Waals surface area contributed by atoms with Crippen molar-refractivity contribution in [1.82, 2.24) is 0 Å². The molecule has 1 fully saturated rings. The molecule has 2 rings (SSSR count). The van der Waals surface area contributed by atoms with Gasteiger partial charge in [0.15, 0.2) is 0 Å². The molecule has 1 aliphatic carbocycles. The van der Waals surface area contributed by atoms with Crippen LogP contribution in [-0.4, -0.2) is 17.0 Å². The van der Waals surface area contributed by atoms with E-state index in [1.54, 1.807) is 0 Å². The fourth-order valence-electron chi connectivity index (χ4n) is 2.01. The molecule has 0 aliphatic heterocycles. The minimum Gasteiger partial charge on any atom is -0.478 e. The molecule has 0 unspecified atom stereocenters. The van der Waals surface area contributed by atoms with E-state index in [9.17, 15) is 14.0 Å². The van der Waals surface area contributed by atoms with Gasteiger partial charge in [0.2, 0.25) is 5.91 Å². The van der Waals surface area contributed by atoms with Crippen LogP contribution < -0.4 is 5.32 Å². The van der Waals surface area contributed by atoms with Gasteiger partial charge in [-0.15, -0.1) is 0 Å². The second-order valence-electron chi connectivity index (χ2n) is 4.52. The number of rotatable bonds is 4. The summed E-state index contributed by atoms with van der Waals surface area (Å²) < 4.78 is 13.4. The Balaban J connectivity index is 2.10. The lowest BCUT2D eigenvalue weighted by Crippen LogP contribution is -2.22. The lowest BCUT2D eigenvalue weighted by atomic mass is 9.83. The third-order valence-corrected chi connectivity index (χ3v) is 3.20. The summed E-state index contributed by atoms with van der Waals surface area (Å²) in [5.74, 6) is -2.10. The predicted molar refractivity (Wildman–Crippen MR) is 63.9 cm³/mol. The number of halogens is 1. The summed E-state index contributed by atoms with van der Waals surface area (Å²) >= 11 is 0. The van der Waals surface area contributed by atoms with E-state index in [0.29, 0.717) is 12.3 Å². The maximum Gasteiger partial charge on any atom is 0.340 e. The van der Waals surface area contributed by atoms with E-state index in [4.69, 9.17) is 5.11 Å². The Kier molecular flexibility index (Phi) is 3.60. The average Bonchev–Trinajstić information content (AvgIpc) is 2.23. The third kappa shape index (κ3) is 2.67. The molecule has 0 spiro atoms. The maximum atomic E-state index is 13.4. The van der Waals surface area contributed by atoms with Gasteiger partial charge >= 0.3 is 5.97 Å². The molecule has 1 aromatic carbocycles. The zero-order valence-electron chi connectivity index (χ0n) is 9.78. The van der Waals surface area contributed by atoms with Crippen molar-refractivity contribution in [2.24, 2.45) is 5.92 Å². The second kappa shape index (κ2) is 5.16. The van der Waals surface area contributed by atoms with Crippen molar-refractivity contribution in [3.8, 4) is 0 Å². The molecule has 0 aromatic heterocycles. The standard InChI is InChI=1S/C13H14FNO3/c14-9-5-2-6-10(12(9)13(17)18)15-11(16)7-8-3-1-4-8/h2,5-6,8H,1,3-4,7H2,(H,15,16)(H,17,18). The number of carbonyl (C=O) groups is 2. The van der Waals surface area contributed by atoms with Gasteiger partial charge in [0.25, 0.3) is 0 Å². The van der Waals surface area contributed by atoms with Crippen molar-refractivity contribution < 1.29 is 19.1 Å². The fourth-order valence-corrected chi connectivity index (χ4v) is 2.01. The smallest absolute Gasteiger partial charge is 0.340 e. The van der Waals surface area contributed by atoms with E-state index in [2.05, 4.69) is 5.32 Å². The predicted octanol–water partition coefficient (Wildman–Crippen LogP) is 2.65.